The number of hydrogen-bond acceptors (Lipinski definition) is 7. The molecule has 1 aliphatic rings. The van der Waals surface area contributed by atoms with Crippen molar-refractivity contribution in [2.24, 2.45) is 0 Å². The molecule has 0 unspecified atom stereocenters. The van der Waals surface area contributed by atoms with Crippen LogP contribution in [0.2, 0.25) is 0 Å². The monoisotopic (exact) mass is 417 g/mol. The third-order valence-electron chi connectivity index (χ3n) is 4.62. The molecule has 0 bridgehead atoms. The predicted octanol–water partition coefficient (Wildman–Crippen LogP) is 2.04. The number of anilines is 2. The Balaban J connectivity index is 1.50. The molecule has 3 rings (SSSR count). The number of aromatic nitrogens is 1. The molecule has 0 saturated carbocycles. The summed E-state index contributed by atoms with van der Waals surface area (Å²) in [5.74, 6) is -0.616. The Labute approximate surface area is 172 Å². The fourth-order valence-corrected chi connectivity index (χ4v) is 3.91. The minimum atomic E-state index is -0.366. The number of nitrogens with one attached hydrogen (secondary N) is 2. The summed E-state index contributed by atoms with van der Waals surface area (Å²) in [5, 5.41) is 7.59. The van der Waals surface area contributed by atoms with Gasteiger partial charge in [-0.05, 0) is 37.1 Å². The topological polar surface area (TPSA) is 127 Å². The van der Waals surface area contributed by atoms with Crippen LogP contribution in [0.5, 0.6) is 0 Å². The molecule has 0 spiro atoms. The summed E-state index contributed by atoms with van der Waals surface area (Å²) in [6.07, 6.45) is 1.45. The van der Waals surface area contributed by atoms with Crippen molar-refractivity contribution in [3.8, 4) is 0 Å². The largest absolute Gasteiger partial charge is 0.453 e. The molecule has 154 valence electrons. The highest BCUT2D eigenvalue weighted by Gasteiger charge is 2.27. The van der Waals surface area contributed by atoms with Crippen LogP contribution in [0, 0.1) is 0 Å². The molecular formula is C19H23N5O4S. The second kappa shape index (κ2) is 9.37. The zero-order chi connectivity index (χ0) is 20.8. The van der Waals surface area contributed by atoms with E-state index in [1.165, 1.54) is 18.4 Å². The lowest BCUT2D eigenvalue weighted by Gasteiger charge is -2.30. The molecule has 1 aromatic carbocycles. The summed E-state index contributed by atoms with van der Waals surface area (Å²) in [6.45, 7) is 1.05. The number of nitrogen functional groups attached to an aromatic ring is 1. The van der Waals surface area contributed by atoms with Crippen molar-refractivity contribution in [2.75, 3.05) is 37.8 Å². The number of likely N-dealkylation sites (tertiary alicyclic amines) is 1. The van der Waals surface area contributed by atoms with Gasteiger partial charge in [-0.3, -0.25) is 9.59 Å². The number of thiazole rings is 1. The second-order valence-corrected chi connectivity index (χ2v) is 7.54. The van der Waals surface area contributed by atoms with E-state index in [-0.39, 0.29) is 30.4 Å². The van der Waals surface area contributed by atoms with E-state index in [2.05, 4.69) is 15.6 Å². The van der Waals surface area contributed by atoms with Crippen molar-refractivity contribution in [3.05, 3.63) is 40.9 Å². The Kier molecular flexibility index (Phi) is 6.65. The zero-order valence-electron chi connectivity index (χ0n) is 16.0. The van der Waals surface area contributed by atoms with Crippen LogP contribution < -0.4 is 16.4 Å². The number of carbonyl (C=O) groups is 3. The molecule has 1 aromatic heterocycles. The van der Waals surface area contributed by atoms with E-state index in [1.807, 2.05) is 5.38 Å². The number of piperidine rings is 1. The number of ether oxygens (including phenoxy) is 1. The van der Waals surface area contributed by atoms with Gasteiger partial charge in [0.25, 0.3) is 5.91 Å². The fraction of sp³-hybridized carbons (Fsp3) is 0.368. The maximum Gasteiger partial charge on any atom is 0.409 e. The summed E-state index contributed by atoms with van der Waals surface area (Å²) in [4.78, 5) is 42.0. The minimum absolute atomic E-state index is 0.106. The van der Waals surface area contributed by atoms with Crippen molar-refractivity contribution in [1.82, 2.24) is 15.2 Å². The highest BCUT2D eigenvalue weighted by Crippen LogP contribution is 2.29. The fourth-order valence-electron chi connectivity index (χ4n) is 3.11. The first-order chi connectivity index (χ1) is 14.0. The average molecular weight is 417 g/mol. The highest BCUT2D eigenvalue weighted by molar-refractivity contribution is 7.13. The van der Waals surface area contributed by atoms with Crippen molar-refractivity contribution in [3.63, 3.8) is 0 Å². The van der Waals surface area contributed by atoms with Gasteiger partial charge in [-0.2, -0.15) is 0 Å². The minimum Gasteiger partial charge on any atom is -0.453 e. The zero-order valence-corrected chi connectivity index (χ0v) is 16.8. The van der Waals surface area contributed by atoms with E-state index in [0.29, 0.717) is 29.5 Å². The molecule has 2 aromatic rings. The van der Waals surface area contributed by atoms with Gasteiger partial charge in [0.15, 0.2) is 5.13 Å². The number of benzene rings is 1. The third kappa shape index (κ3) is 5.44. The van der Waals surface area contributed by atoms with E-state index in [1.54, 1.807) is 29.2 Å². The van der Waals surface area contributed by atoms with Crippen molar-refractivity contribution < 1.29 is 19.1 Å². The molecule has 1 saturated heterocycles. The van der Waals surface area contributed by atoms with Crippen LogP contribution in [0.1, 0.15) is 34.8 Å². The van der Waals surface area contributed by atoms with Crippen LogP contribution in [0.3, 0.4) is 0 Å². The maximum atomic E-state index is 12.1. The number of carbonyl (C=O) groups excluding carboxylic acids is 3. The summed E-state index contributed by atoms with van der Waals surface area (Å²) in [6, 6.07) is 6.44. The molecule has 1 fully saturated rings. The summed E-state index contributed by atoms with van der Waals surface area (Å²) in [5.41, 5.74) is 7.42. The molecule has 4 N–H and O–H groups in total. The van der Waals surface area contributed by atoms with Gasteiger partial charge in [0, 0.05) is 35.6 Å². The van der Waals surface area contributed by atoms with Gasteiger partial charge in [0.2, 0.25) is 5.91 Å². The van der Waals surface area contributed by atoms with Gasteiger partial charge >= 0.3 is 6.09 Å². The summed E-state index contributed by atoms with van der Waals surface area (Å²) < 4.78 is 4.79. The Morgan fingerprint density at radius 3 is 2.79 bits per heavy atom. The quantitative estimate of drug-likeness (QED) is 0.639. The Bertz CT molecular complexity index is 883. The van der Waals surface area contributed by atoms with Crippen molar-refractivity contribution in [1.29, 1.82) is 0 Å². The van der Waals surface area contributed by atoms with Crippen LogP contribution in [0.15, 0.2) is 29.6 Å². The first-order valence-corrected chi connectivity index (χ1v) is 10.1. The molecule has 3 amide bonds. The molecular weight excluding hydrogens is 394 g/mol. The number of rotatable bonds is 5. The third-order valence-corrected chi connectivity index (χ3v) is 5.40. The maximum absolute atomic E-state index is 12.1. The molecule has 29 heavy (non-hydrogen) atoms. The Hall–Kier alpha value is -3.14. The summed E-state index contributed by atoms with van der Waals surface area (Å²) in [7, 11) is 1.37. The van der Waals surface area contributed by atoms with Gasteiger partial charge in [-0.15, -0.1) is 11.3 Å². The smallest absolute Gasteiger partial charge is 0.409 e. The van der Waals surface area contributed by atoms with Gasteiger partial charge in [-0.25, -0.2) is 9.78 Å². The van der Waals surface area contributed by atoms with E-state index in [0.717, 1.165) is 18.5 Å². The number of methoxy groups -OCH3 is 1. The van der Waals surface area contributed by atoms with Crippen LogP contribution in [-0.2, 0) is 9.53 Å². The van der Waals surface area contributed by atoms with Gasteiger partial charge in [-0.1, -0.05) is 0 Å². The van der Waals surface area contributed by atoms with Crippen molar-refractivity contribution >= 4 is 40.1 Å². The lowest BCUT2D eigenvalue weighted by Crippen LogP contribution is -2.39. The Morgan fingerprint density at radius 2 is 2.07 bits per heavy atom. The van der Waals surface area contributed by atoms with Crippen LogP contribution in [0.4, 0.5) is 15.6 Å². The molecule has 9 nitrogen and oxygen atoms in total. The standard InChI is InChI=1S/C19H23N5O4S/c1-28-19(27)24-8-2-3-13(10-24)15-11-29-18(22-15)23-16(25)9-21-17(26)12-4-6-14(20)7-5-12/h4-7,11,13H,2-3,8-10,20H2,1H3,(H,21,26)(H,22,23,25)/t13-/m0/s1. The van der Waals surface area contributed by atoms with Crippen molar-refractivity contribution in [2.45, 2.75) is 18.8 Å². The molecule has 1 aliphatic heterocycles. The number of amides is 3. The van der Waals surface area contributed by atoms with Gasteiger partial charge in [0.05, 0.1) is 19.3 Å². The number of hydrogen-bond donors (Lipinski definition) is 3. The first kappa shape index (κ1) is 20.6. The average Bonchev–Trinajstić information content (AvgIpc) is 3.20. The molecule has 2 heterocycles. The number of nitrogens with two attached hydrogens (primary N) is 1. The van der Waals surface area contributed by atoms with Gasteiger partial charge in [0.1, 0.15) is 0 Å². The lowest BCUT2D eigenvalue weighted by molar-refractivity contribution is -0.115. The first-order valence-electron chi connectivity index (χ1n) is 9.18. The normalized spacial score (nSPS) is 16.2. The van der Waals surface area contributed by atoms with E-state index < -0.39 is 0 Å². The number of nitrogens with zero attached hydrogens (tertiary/aromatic N) is 2. The second-order valence-electron chi connectivity index (χ2n) is 6.69. The summed E-state index contributed by atoms with van der Waals surface area (Å²) >= 11 is 1.31. The van der Waals surface area contributed by atoms with Gasteiger partial charge < -0.3 is 26.0 Å². The van der Waals surface area contributed by atoms with Crippen LogP contribution in [-0.4, -0.2) is 54.5 Å². The SMILES string of the molecule is COC(=O)N1CCC[C@H](c2csc(NC(=O)CNC(=O)c3ccc(N)cc3)n2)C1. The van der Waals surface area contributed by atoms with E-state index >= 15 is 0 Å². The Morgan fingerprint density at radius 1 is 1.31 bits per heavy atom. The predicted molar refractivity (Wildman–Crippen MR) is 110 cm³/mol. The van der Waals surface area contributed by atoms with E-state index in [9.17, 15) is 14.4 Å². The lowest BCUT2D eigenvalue weighted by atomic mass is 9.96. The van der Waals surface area contributed by atoms with Crippen LogP contribution in [0.25, 0.3) is 0 Å². The molecule has 0 aliphatic carbocycles. The molecule has 10 heteroatoms. The molecule has 0 radical (unpaired) electrons. The van der Waals surface area contributed by atoms with E-state index in [4.69, 9.17) is 10.5 Å². The van der Waals surface area contributed by atoms with Crippen LogP contribution >= 0.6 is 11.3 Å². The highest BCUT2D eigenvalue weighted by atomic mass is 32.1. The molecule has 1 atom stereocenters.